The van der Waals surface area contributed by atoms with E-state index in [1.807, 2.05) is 42.5 Å². The molecule has 0 heterocycles. The Bertz CT molecular complexity index is 550. The molecule has 19 heavy (non-hydrogen) atoms. The van der Waals surface area contributed by atoms with Crippen molar-refractivity contribution >= 4 is 5.78 Å². The predicted octanol–water partition coefficient (Wildman–Crippen LogP) is 4.38. The Balaban J connectivity index is 1.69. The molecular weight excluding hydrogens is 232 g/mol. The molecule has 0 amide bonds. The molecule has 1 saturated carbocycles. The summed E-state index contributed by atoms with van der Waals surface area (Å²) in [5, 5.41) is 0. The second-order valence-corrected chi connectivity index (χ2v) is 5.34. The molecule has 0 unspecified atom stereocenters. The molecule has 1 fully saturated rings. The Morgan fingerprint density at radius 3 is 2.21 bits per heavy atom. The first-order valence-corrected chi connectivity index (χ1v) is 7.00. The number of benzene rings is 2. The van der Waals surface area contributed by atoms with Crippen LogP contribution in [0.4, 0.5) is 0 Å². The number of hydrogen-bond acceptors (Lipinski definition) is 1. The van der Waals surface area contributed by atoms with Gasteiger partial charge in [0.1, 0.15) is 0 Å². The lowest BCUT2D eigenvalue weighted by Crippen LogP contribution is -2.09. The van der Waals surface area contributed by atoms with Crippen LogP contribution >= 0.6 is 0 Å². The van der Waals surface area contributed by atoms with E-state index in [1.165, 1.54) is 24.8 Å². The second kappa shape index (κ2) is 5.40. The number of hydrogen-bond donors (Lipinski definition) is 0. The second-order valence-electron chi connectivity index (χ2n) is 5.34. The molecule has 0 aliphatic heterocycles. The SMILES string of the molecule is O=C(Cc1ccccc1)c1ccc(C2CCC2)cc1. The van der Waals surface area contributed by atoms with E-state index in [4.69, 9.17) is 0 Å². The Morgan fingerprint density at radius 1 is 0.947 bits per heavy atom. The van der Waals surface area contributed by atoms with Crippen molar-refractivity contribution in [2.45, 2.75) is 31.6 Å². The summed E-state index contributed by atoms with van der Waals surface area (Å²) < 4.78 is 0. The van der Waals surface area contributed by atoms with E-state index >= 15 is 0 Å². The topological polar surface area (TPSA) is 17.1 Å². The van der Waals surface area contributed by atoms with Crippen molar-refractivity contribution < 1.29 is 4.79 Å². The van der Waals surface area contributed by atoms with Gasteiger partial charge in [0.25, 0.3) is 0 Å². The third-order valence-corrected chi connectivity index (χ3v) is 4.02. The lowest BCUT2D eigenvalue weighted by atomic mass is 9.80. The molecule has 0 spiro atoms. The summed E-state index contributed by atoms with van der Waals surface area (Å²) >= 11 is 0. The zero-order valence-electron chi connectivity index (χ0n) is 11.0. The van der Waals surface area contributed by atoms with Crippen molar-refractivity contribution in [3.8, 4) is 0 Å². The average molecular weight is 250 g/mol. The highest BCUT2D eigenvalue weighted by molar-refractivity contribution is 5.97. The van der Waals surface area contributed by atoms with Gasteiger partial charge in [-0.05, 0) is 29.9 Å². The lowest BCUT2D eigenvalue weighted by Gasteiger charge is -2.25. The van der Waals surface area contributed by atoms with Gasteiger partial charge in [-0.1, -0.05) is 61.0 Å². The zero-order valence-corrected chi connectivity index (χ0v) is 11.0. The molecule has 1 nitrogen and oxygen atoms in total. The van der Waals surface area contributed by atoms with Gasteiger partial charge in [-0.25, -0.2) is 0 Å². The van der Waals surface area contributed by atoms with Crippen LogP contribution in [-0.2, 0) is 6.42 Å². The van der Waals surface area contributed by atoms with Gasteiger partial charge in [-0.2, -0.15) is 0 Å². The van der Waals surface area contributed by atoms with Crippen LogP contribution in [0.15, 0.2) is 54.6 Å². The van der Waals surface area contributed by atoms with E-state index in [0.29, 0.717) is 6.42 Å². The van der Waals surface area contributed by atoms with Gasteiger partial charge in [-0.15, -0.1) is 0 Å². The fraction of sp³-hybridized carbons (Fsp3) is 0.278. The monoisotopic (exact) mass is 250 g/mol. The number of ketones is 1. The summed E-state index contributed by atoms with van der Waals surface area (Å²) in [6.07, 6.45) is 4.44. The molecular formula is C18H18O. The number of carbonyl (C=O) groups excluding carboxylic acids is 1. The van der Waals surface area contributed by atoms with Crippen molar-refractivity contribution in [2.75, 3.05) is 0 Å². The van der Waals surface area contributed by atoms with Crippen LogP contribution in [-0.4, -0.2) is 5.78 Å². The van der Waals surface area contributed by atoms with Crippen molar-refractivity contribution in [3.05, 3.63) is 71.3 Å². The van der Waals surface area contributed by atoms with Gasteiger partial charge < -0.3 is 0 Å². The van der Waals surface area contributed by atoms with E-state index in [0.717, 1.165) is 17.0 Å². The molecule has 1 aliphatic carbocycles. The number of rotatable bonds is 4. The normalized spacial score (nSPS) is 14.9. The van der Waals surface area contributed by atoms with Crippen molar-refractivity contribution in [1.82, 2.24) is 0 Å². The molecule has 2 aromatic rings. The fourth-order valence-electron chi connectivity index (χ4n) is 2.57. The van der Waals surface area contributed by atoms with Crippen LogP contribution in [0.5, 0.6) is 0 Å². The molecule has 1 aliphatic rings. The average Bonchev–Trinajstić information content (AvgIpc) is 2.39. The van der Waals surface area contributed by atoms with Crippen LogP contribution in [0, 0.1) is 0 Å². The standard InChI is InChI=1S/C18H18O/c19-18(13-14-5-2-1-3-6-14)17-11-9-16(10-12-17)15-7-4-8-15/h1-3,5-6,9-12,15H,4,7-8,13H2. The van der Waals surface area contributed by atoms with Crippen molar-refractivity contribution in [1.29, 1.82) is 0 Å². The highest BCUT2D eigenvalue weighted by Gasteiger charge is 2.19. The van der Waals surface area contributed by atoms with Crippen LogP contribution in [0.3, 0.4) is 0 Å². The Kier molecular flexibility index (Phi) is 3.45. The largest absolute Gasteiger partial charge is 0.294 e. The van der Waals surface area contributed by atoms with Crippen LogP contribution in [0.25, 0.3) is 0 Å². The third-order valence-electron chi connectivity index (χ3n) is 4.02. The van der Waals surface area contributed by atoms with Crippen LogP contribution in [0.2, 0.25) is 0 Å². The molecule has 0 aromatic heterocycles. The van der Waals surface area contributed by atoms with Gasteiger partial charge in [0.15, 0.2) is 5.78 Å². The smallest absolute Gasteiger partial charge is 0.167 e. The molecule has 96 valence electrons. The Labute approximate surface area is 114 Å². The first kappa shape index (κ1) is 12.2. The van der Waals surface area contributed by atoms with Crippen LogP contribution < -0.4 is 0 Å². The van der Waals surface area contributed by atoms with Crippen molar-refractivity contribution in [2.24, 2.45) is 0 Å². The summed E-state index contributed by atoms with van der Waals surface area (Å²) in [6, 6.07) is 18.1. The van der Waals surface area contributed by atoms with E-state index in [1.54, 1.807) is 0 Å². The summed E-state index contributed by atoms with van der Waals surface area (Å²) in [5.74, 6) is 0.935. The zero-order chi connectivity index (χ0) is 13.1. The number of carbonyl (C=O) groups is 1. The van der Waals surface area contributed by atoms with E-state index < -0.39 is 0 Å². The maximum atomic E-state index is 12.2. The van der Waals surface area contributed by atoms with Gasteiger partial charge in [-0.3, -0.25) is 4.79 Å². The molecule has 1 heteroatoms. The molecule has 0 radical (unpaired) electrons. The minimum atomic E-state index is 0.200. The molecule has 2 aromatic carbocycles. The quantitative estimate of drug-likeness (QED) is 0.736. The molecule has 0 bridgehead atoms. The van der Waals surface area contributed by atoms with Gasteiger partial charge in [0, 0.05) is 12.0 Å². The minimum absolute atomic E-state index is 0.200. The first-order chi connectivity index (χ1) is 9.33. The summed E-state index contributed by atoms with van der Waals surface area (Å²) in [5.41, 5.74) is 3.30. The lowest BCUT2D eigenvalue weighted by molar-refractivity contribution is 0.0993. The van der Waals surface area contributed by atoms with E-state index in [2.05, 4.69) is 12.1 Å². The summed E-state index contributed by atoms with van der Waals surface area (Å²) in [4.78, 5) is 12.2. The highest BCUT2D eigenvalue weighted by atomic mass is 16.1. The Morgan fingerprint density at radius 2 is 1.63 bits per heavy atom. The van der Waals surface area contributed by atoms with E-state index in [-0.39, 0.29) is 5.78 Å². The van der Waals surface area contributed by atoms with Gasteiger partial charge in [0.05, 0.1) is 0 Å². The third kappa shape index (κ3) is 2.76. The minimum Gasteiger partial charge on any atom is -0.294 e. The molecule has 0 atom stereocenters. The van der Waals surface area contributed by atoms with Gasteiger partial charge in [0.2, 0.25) is 0 Å². The highest BCUT2D eigenvalue weighted by Crippen LogP contribution is 2.36. The van der Waals surface area contributed by atoms with E-state index in [9.17, 15) is 4.79 Å². The summed E-state index contributed by atoms with van der Waals surface area (Å²) in [7, 11) is 0. The Hall–Kier alpha value is -1.89. The first-order valence-electron chi connectivity index (χ1n) is 7.00. The molecule has 0 saturated heterocycles. The maximum absolute atomic E-state index is 12.2. The van der Waals surface area contributed by atoms with Crippen LogP contribution in [0.1, 0.15) is 46.7 Å². The number of Topliss-reactive ketones (excluding diaryl/α,β-unsaturated/α-hetero) is 1. The maximum Gasteiger partial charge on any atom is 0.167 e. The molecule has 3 rings (SSSR count). The predicted molar refractivity (Wildman–Crippen MR) is 77.5 cm³/mol. The van der Waals surface area contributed by atoms with Crippen molar-refractivity contribution in [3.63, 3.8) is 0 Å². The fourth-order valence-corrected chi connectivity index (χ4v) is 2.57. The van der Waals surface area contributed by atoms with Gasteiger partial charge >= 0.3 is 0 Å². The summed E-state index contributed by atoms with van der Waals surface area (Å²) in [6.45, 7) is 0. The molecule has 0 N–H and O–H groups in total.